The molecule has 8 N–H and O–H groups in total. The number of carbonyl (C=O) groups excluding carboxylic acids is 5. The molecule has 0 aromatic carbocycles. The van der Waals surface area contributed by atoms with E-state index < -0.39 is 42.3 Å². The molecule has 0 aliphatic carbocycles. The molecule has 1 aromatic rings. The van der Waals surface area contributed by atoms with Crippen LogP contribution in [0.5, 0.6) is 0 Å². The monoisotopic (exact) mass is 510 g/mol. The van der Waals surface area contributed by atoms with Crippen LogP contribution in [0.15, 0.2) is 16.6 Å². The molecule has 14 heteroatoms. The van der Waals surface area contributed by atoms with E-state index in [1.54, 1.807) is 5.38 Å². The molecule has 1 rings (SSSR count). The predicted molar refractivity (Wildman–Crippen MR) is 131 cm³/mol. The van der Waals surface area contributed by atoms with E-state index >= 15 is 0 Å². The first-order chi connectivity index (χ1) is 16.5. The molecule has 0 saturated carbocycles. The van der Waals surface area contributed by atoms with Crippen molar-refractivity contribution in [2.75, 3.05) is 19.6 Å². The number of aliphatic imine (C=N–C) groups is 1. The highest BCUT2D eigenvalue weighted by Crippen LogP contribution is 2.07. The summed E-state index contributed by atoms with van der Waals surface area (Å²) in [5.74, 6) is -2.40. The Labute approximate surface area is 207 Å². The third-order valence-electron chi connectivity index (χ3n) is 4.52. The fraction of sp³-hybridized carbons (Fsp3) is 0.571. The molecule has 2 unspecified atom stereocenters. The Bertz CT molecular complexity index is 900. The van der Waals surface area contributed by atoms with Crippen LogP contribution in [0.2, 0.25) is 0 Å². The van der Waals surface area contributed by atoms with Gasteiger partial charge in [-0.1, -0.05) is 13.8 Å². The van der Waals surface area contributed by atoms with E-state index in [9.17, 15) is 24.0 Å². The zero-order chi connectivity index (χ0) is 26.4. The maximum Gasteiger partial charge on any atom is 0.243 e. The molecule has 194 valence electrons. The molecule has 0 fully saturated rings. The first-order valence-electron chi connectivity index (χ1n) is 11.1. The second-order valence-corrected chi connectivity index (χ2v) is 9.04. The van der Waals surface area contributed by atoms with Crippen molar-refractivity contribution in [3.8, 4) is 0 Å². The molecule has 1 aromatic heterocycles. The summed E-state index contributed by atoms with van der Waals surface area (Å²) < 4.78 is 0. The molecule has 2 atom stereocenters. The van der Waals surface area contributed by atoms with Gasteiger partial charge in [0.2, 0.25) is 29.4 Å². The minimum atomic E-state index is -0.894. The lowest BCUT2D eigenvalue weighted by atomic mass is 10.0. The number of nitrogens with one attached hydrogen (secondary N) is 4. The molecule has 0 saturated heterocycles. The molecule has 13 nitrogen and oxygen atoms in total. The summed E-state index contributed by atoms with van der Waals surface area (Å²) in [4.78, 5) is 68.7. The van der Waals surface area contributed by atoms with Gasteiger partial charge in [0.15, 0.2) is 11.0 Å². The summed E-state index contributed by atoms with van der Waals surface area (Å²) in [5.41, 5.74) is 10.5. The third-order valence-corrected chi connectivity index (χ3v) is 5.33. The molecular weight excluding hydrogens is 476 g/mol. The van der Waals surface area contributed by atoms with Crippen molar-refractivity contribution >= 4 is 46.7 Å². The van der Waals surface area contributed by atoms with E-state index in [0.29, 0.717) is 12.8 Å². The van der Waals surface area contributed by atoms with Gasteiger partial charge in [0, 0.05) is 25.0 Å². The summed E-state index contributed by atoms with van der Waals surface area (Å²) in [6.07, 6.45) is 2.51. The highest BCUT2D eigenvalue weighted by atomic mass is 32.1. The standard InChI is InChI=1S/C21H34N8O5S/c1-12(2)9-15(19(34)26-10-16(31)20-24-7-8-35-20)29-17(32)11-27-18(33)14(28-13(3)30)5-4-6-25-21(22)23/h7-8,12,14-15H,4-6,9-11H2,1-3H3,(H,26,34)(H,27,33)(H,28,30)(H,29,32)(H4,22,23,25). The van der Waals surface area contributed by atoms with Gasteiger partial charge in [-0.2, -0.15) is 0 Å². The van der Waals surface area contributed by atoms with E-state index in [-0.39, 0.29) is 42.2 Å². The maximum absolute atomic E-state index is 12.6. The quantitative estimate of drug-likeness (QED) is 0.0716. The Kier molecular flexibility index (Phi) is 12.9. The molecule has 0 aliphatic heterocycles. The SMILES string of the molecule is CC(=O)NC(CCCN=C(N)N)C(=O)NCC(=O)NC(CC(C)C)C(=O)NCC(=O)c1nccs1. The minimum Gasteiger partial charge on any atom is -0.370 e. The zero-order valence-electron chi connectivity index (χ0n) is 20.1. The van der Waals surface area contributed by atoms with Crippen molar-refractivity contribution in [2.45, 2.75) is 52.1 Å². The fourth-order valence-corrected chi connectivity index (χ4v) is 3.56. The smallest absolute Gasteiger partial charge is 0.243 e. The van der Waals surface area contributed by atoms with Crippen LogP contribution in [0.25, 0.3) is 0 Å². The number of hydrogen-bond donors (Lipinski definition) is 6. The number of thiazole rings is 1. The van der Waals surface area contributed by atoms with Gasteiger partial charge in [0.25, 0.3) is 0 Å². The van der Waals surface area contributed by atoms with Crippen LogP contribution < -0.4 is 32.7 Å². The molecule has 0 spiro atoms. The molecule has 0 bridgehead atoms. The Morgan fingerprint density at radius 1 is 1.03 bits per heavy atom. The lowest BCUT2D eigenvalue weighted by Gasteiger charge is -2.21. The number of hydrogen-bond acceptors (Lipinski definition) is 8. The summed E-state index contributed by atoms with van der Waals surface area (Å²) in [5, 5.41) is 12.0. The fourth-order valence-electron chi connectivity index (χ4n) is 2.98. The van der Waals surface area contributed by atoms with Gasteiger partial charge < -0.3 is 32.7 Å². The number of rotatable bonds is 15. The van der Waals surface area contributed by atoms with E-state index in [2.05, 4.69) is 31.2 Å². The van der Waals surface area contributed by atoms with Crippen molar-refractivity contribution in [3.63, 3.8) is 0 Å². The average Bonchev–Trinajstić information content (AvgIpc) is 3.31. The van der Waals surface area contributed by atoms with Crippen LogP contribution in [0, 0.1) is 5.92 Å². The molecular formula is C21H34N8O5S. The zero-order valence-corrected chi connectivity index (χ0v) is 20.9. The van der Waals surface area contributed by atoms with Crippen LogP contribution in [0.3, 0.4) is 0 Å². The van der Waals surface area contributed by atoms with Gasteiger partial charge in [-0.25, -0.2) is 4.98 Å². The molecule has 4 amide bonds. The van der Waals surface area contributed by atoms with Crippen molar-refractivity contribution in [3.05, 3.63) is 16.6 Å². The van der Waals surface area contributed by atoms with Gasteiger partial charge in [-0.05, 0) is 25.2 Å². The van der Waals surface area contributed by atoms with Crippen LogP contribution in [-0.4, -0.2) is 72.1 Å². The van der Waals surface area contributed by atoms with E-state index in [4.69, 9.17) is 11.5 Å². The average molecular weight is 511 g/mol. The minimum absolute atomic E-state index is 0.0738. The van der Waals surface area contributed by atoms with E-state index in [0.717, 1.165) is 0 Å². The number of amides is 4. The van der Waals surface area contributed by atoms with Gasteiger partial charge in [0.1, 0.15) is 12.1 Å². The van der Waals surface area contributed by atoms with Crippen molar-refractivity contribution < 1.29 is 24.0 Å². The summed E-state index contributed by atoms with van der Waals surface area (Å²) in [6.45, 7) is 4.68. The number of ketones is 1. The normalized spacial score (nSPS) is 12.2. The summed E-state index contributed by atoms with van der Waals surface area (Å²) >= 11 is 1.17. The predicted octanol–water partition coefficient (Wildman–Crippen LogP) is -1.35. The topological polar surface area (TPSA) is 211 Å². The number of aromatic nitrogens is 1. The van der Waals surface area contributed by atoms with Gasteiger partial charge in [0.05, 0.1) is 13.1 Å². The molecule has 0 radical (unpaired) electrons. The van der Waals surface area contributed by atoms with Gasteiger partial charge in [-0.3, -0.25) is 29.0 Å². The van der Waals surface area contributed by atoms with Crippen molar-refractivity contribution in [1.29, 1.82) is 0 Å². The first-order valence-corrected chi connectivity index (χ1v) is 12.0. The maximum atomic E-state index is 12.6. The Balaban J connectivity index is 2.61. The van der Waals surface area contributed by atoms with Gasteiger partial charge in [-0.15, -0.1) is 11.3 Å². The number of Topliss-reactive ketones (excluding diaryl/α,β-unsaturated/α-hetero) is 1. The van der Waals surface area contributed by atoms with Crippen LogP contribution in [0.1, 0.15) is 49.8 Å². The molecule has 0 aliphatic rings. The lowest BCUT2D eigenvalue weighted by molar-refractivity contribution is -0.131. The second kappa shape index (κ2) is 15.4. The Hall–Kier alpha value is -3.55. The Morgan fingerprint density at radius 2 is 1.69 bits per heavy atom. The molecule has 1 heterocycles. The summed E-state index contributed by atoms with van der Waals surface area (Å²) in [6, 6.07) is -1.77. The van der Waals surface area contributed by atoms with Crippen molar-refractivity contribution in [2.24, 2.45) is 22.4 Å². The third kappa shape index (κ3) is 12.5. The van der Waals surface area contributed by atoms with Crippen LogP contribution >= 0.6 is 11.3 Å². The largest absolute Gasteiger partial charge is 0.370 e. The van der Waals surface area contributed by atoms with Crippen LogP contribution in [-0.2, 0) is 19.2 Å². The number of nitrogens with two attached hydrogens (primary N) is 2. The second-order valence-electron chi connectivity index (χ2n) is 8.15. The first kappa shape index (κ1) is 29.5. The van der Waals surface area contributed by atoms with Gasteiger partial charge >= 0.3 is 0 Å². The van der Waals surface area contributed by atoms with Crippen molar-refractivity contribution in [1.82, 2.24) is 26.3 Å². The van der Waals surface area contributed by atoms with E-state index in [1.807, 2.05) is 13.8 Å². The number of nitrogens with zero attached hydrogens (tertiary/aromatic N) is 2. The highest BCUT2D eigenvalue weighted by Gasteiger charge is 2.24. The number of carbonyl (C=O) groups is 5. The lowest BCUT2D eigenvalue weighted by Crippen LogP contribution is -2.52. The highest BCUT2D eigenvalue weighted by molar-refractivity contribution is 7.11. The number of guanidine groups is 1. The summed E-state index contributed by atoms with van der Waals surface area (Å²) in [7, 11) is 0. The van der Waals surface area contributed by atoms with E-state index in [1.165, 1.54) is 24.5 Å². The molecule has 35 heavy (non-hydrogen) atoms. The van der Waals surface area contributed by atoms with Crippen LogP contribution in [0.4, 0.5) is 0 Å². The Morgan fingerprint density at radius 3 is 2.26 bits per heavy atom.